The van der Waals surface area contributed by atoms with E-state index in [0.29, 0.717) is 30.2 Å². The van der Waals surface area contributed by atoms with E-state index in [0.717, 1.165) is 113 Å². The van der Waals surface area contributed by atoms with Crippen LogP contribution in [0.1, 0.15) is 152 Å². The van der Waals surface area contributed by atoms with Crippen LogP contribution in [0.3, 0.4) is 0 Å². The number of nitrogens with two attached hydrogens (primary N) is 3. The van der Waals surface area contributed by atoms with Crippen LogP contribution in [0.15, 0.2) is 0 Å². The van der Waals surface area contributed by atoms with Gasteiger partial charge in [-0.25, -0.2) is 0 Å². The van der Waals surface area contributed by atoms with Gasteiger partial charge in [0.15, 0.2) is 5.11 Å². The molecule has 0 aromatic rings. The first-order chi connectivity index (χ1) is 30.0. The molecule has 0 aliphatic rings. The van der Waals surface area contributed by atoms with Gasteiger partial charge in [0.05, 0.1) is 0 Å². The number of aliphatic hydroxyl groups is 1. The van der Waals surface area contributed by atoms with Gasteiger partial charge in [0.2, 0.25) is 0 Å². The molecular formula is C45H113BrCl4K2N9NaO5S3. The van der Waals surface area contributed by atoms with Gasteiger partial charge < -0.3 is 58.5 Å². The van der Waals surface area contributed by atoms with Crippen LogP contribution in [-0.2, 0) is 20.6 Å². The summed E-state index contributed by atoms with van der Waals surface area (Å²) < 4.78 is 7.17. The minimum Gasteiger partial charge on any atom is -1.00 e. The molecule has 0 saturated carbocycles. The van der Waals surface area contributed by atoms with Crippen molar-refractivity contribution in [2.45, 2.75) is 181 Å². The average molecular weight is 1280 g/mol. The van der Waals surface area contributed by atoms with Gasteiger partial charge in [-0.3, -0.25) is 14.7 Å². The van der Waals surface area contributed by atoms with E-state index >= 15 is 0 Å². The normalized spacial score (nSPS) is 9.67. The Labute approximate surface area is 587 Å². The second-order valence-corrected chi connectivity index (χ2v) is 19.0. The fourth-order valence-electron chi connectivity index (χ4n) is 4.81. The smallest absolute Gasteiger partial charge is 1.00 e. The Morgan fingerprint density at radius 2 is 1.00 bits per heavy atom. The number of thiocarbonyl (C=S) groups is 1. The molecule has 424 valence electrons. The number of alkyl halides is 4. The second-order valence-electron chi connectivity index (χ2n) is 14.9. The largest absolute Gasteiger partial charge is 1.00 e. The molecule has 0 aliphatic heterocycles. The summed E-state index contributed by atoms with van der Waals surface area (Å²) in [4.78, 5) is 20.9. The van der Waals surface area contributed by atoms with Crippen molar-refractivity contribution in [3.63, 3.8) is 0 Å². The number of carbonyl (C=O) groups is 1. The Hall–Kier alpha value is 5.21. The summed E-state index contributed by atoms with van der Waals surface area (Å²) in [6.45, 7) is 44.8. The first-order valence-electron chi connectivity index (χ1n) is 23.1. The molecule has 1 atom stereocenters. The molecule has 0 radical (unpaired) electrons. The molecule has 10 N–H and O–H groups in total. The minimum atomic E-state index is -0.624. The number of nitrogens with one attached hydrogen (secondary N) is 2. The summed E-state index contributed by atoms with van der Waals surface area (Å²) in [5.74, 6) is 4.17. The van der Waals surface area contributed by atoms with E-state index in [9.17, 15) is 0 Å². The van der Waals surface area contributed by atoms with Gasteiger partial charge in [-0.05, 0) is 182 Å². The Kier molecular flexibility index (Phi) is 168. The van der Waals surface area contributed by atoms with E-state index < -0.39 is 10.9 Å². The molecule has 0 saturated heterocycles. The van der Waals surface area contributed by atoms with Crippen LogP contribution in [0, 0.1) is 4.78 Å². The number of nitrogens with zero attached hydrogens (tertiary/aromatic N) is 4. The summed E-state index contributed by atoms with van der Waals surface area (Å²) in [7, 11) is -0.624. The molecule has 0 aromatic heterocycles. The Bertz CT molecular complexity index is 844. The fourth-order valence-corrected chi connectivity index (χ4v) is 6.36. The van der Waals surface area contributed by atoms with Gasteiger partial charge in [-0.1, -0.05) is 71.8 Å². The number of hydrogen-bond donors (Lipinski definition) is 7. The molecule has 14 nitrogen and oxygen atoms in total. The predicted molar refractivity (Wildman–Crippen MR) is 318 cm³/mol. The summed E-state index contributed by atoms with van der Waals surface area (Å²) in [6.07, 6.45) is 5.53. The monoisotopic (exact) mass is 1280 g/mol. The van der Waals surface area contributed by atoms with Crippen molar-refractivity contribution in [1.82, 2.24) is 24.9 Å². The molecule has 1 unspecified atom stereocenters. The summed E-state index contributed by atoms with van der Waals surface area (Å²) in [5, 5.41) is 25.6. The molecule has 0 aromatic carbocycles. The predicted octanol–water partition coefficient (Wildman–Crippen LogP) is 0.731. The standard InChI is InChI=1S/2C8H18ClN.C8H21N3S.C8H19NS.C5H13N.C3H6BrCl.C2H6O.CH4N2S.CH2O3.CH4.ClH.2K.Na.H2O.H/c2*1-4-10(8(2)3)7-5-6-9;1-4-11(8(2)3)6-5-7-12(9)10;1-4-9(8(2)3)6-5-7-10;1-4-6-5(2)3;4-2-1-3-5;1-2-3;2-1(3)4;2-1-4-3;;;;;;;/h2*8H,4-7H2,1-3H3;8H,4-7H2,1-3H3,(H3,9,10);8,10H,4-7H2,1-3H3;5-6H,4H2,1-3H3;1-3H2;3H,2H2,1H3;(H4,2,3,4);1,3H;1H4;1H;;;;1H2;/q;;;;;;;;;;;3*+1;;-1/p-2. The van der Waals surface area contributed by atoms with Crippen LogP contribution in [0.25, 0.3) is 0 Å². The quantitative estimate of drug-likeness (QED) is 0.0121. The molecule has 0 heterocycles. The second kappa shape index (κ2) is 103. The zero-order chi connectivity index (χ0) is 52.3. The van der Waals surface area contributed by atoms with Crippen molar-refractivity contribution in [1.29, 1.82) is 4.78 Å². The molecule has 70 heavy (non-hydrogen) atoms. The molecular weight excluding hydrogens is 1170 g/mol. The van der Waals surface area contributed by atoms with Gasteiger partial charge >= 0.3 is 132 Å². The number of carbonyl (C=O) groups excluding carboxylic acids is 1. The first-order valence-corrected chi connectivity index (χ1v) is 28.3. The number of halogens is 5. The van der Waals surface area contributed by atoms with Gasteiger partial charge in [0, 0.05) is 65.5 Å². The maximum Gasteiger partial charge on any atom is 1.00 e. The molecule has 25 heteroatoms. The van der Waals surface area contributed by atoms with Gasteiger partial charge in [-0.15, -0.1) is 47.2 Å². The molecule has 0 rings (SSSR count). The van der Waals surface area contributed by atoms with Crippen molar-refractivity contribution < 1.29 is 159 Å². The summed E-state index contributed by atoms with van der Waals surface area (Å²) in [5.41, 5.74) is 9.24. The number of rotatable bonds is 26. The third kappa shape index (κ3) is 135. The number of thiol groups is 1. The zero-order valence-electron chi connectivity index (χ0n) is 48.6. The van der Waals surface area contributed by atoms with E-state index in [1.807, 2.05) is 0 Å². The van der Waals surface area contributed by atoms with E-state index in [-0.39, 0.29) is 177 Å². The van der Waals surface area contributed by atoms with Crippen molar-refractivity contribution in [3.05, 3.63) is 0 Å². The third-order valence-corrected chi connectivity index (χ3v) is 10.4. The number of aliphatic hydroxyl groups excluding tert-OH is 1. The van der Waals surface area contributed by atoms with Crippen LogP contribution < -0.4 is 160 Å². The van der Waals surface area contributed by atoms with Gasteiger partial charge in [-0.2, -0.15) is 12.6 Å². The summed E-state index contributed by atoms with van der Waals surface area (Å²) >= 11 is 27.9. The molecule has 0 bridgehead atoms. The van der Waals surface area contributed by atoms with E-state index in [4.69, 9.17) is 59.9 Å². The van der Waals surface area contributed by atoms with Gasteiger partial charge in [0.25, 0.3) is 6.47 Å². The van der Waals surface area contributed by atoms with Gasteiger partial charge in [0.1, 0.15) is 0 Å². The topological polar surface area (TPSA) is 226 Å². The van der Waals surface area contributed by atoms with Crippen molar-refractivity contribution >= 4 is 110 Å². The Morgan fingerprint density at radius 1 is 0.757 bits per heavy atom. The van der Waals surface area contributed by atoms with Crippen LogP contribution in [0.4, 0.5) is 0 Å². The molecule has 0 amide bonds. The van der Waals surface area contributed by atoms with Crippen LogP contribution >= 0.6 is 88.0 Å². The molecule has 0 spiro atoms. The zero-order valence-corrected chi connectivity index (χ0v) is 63.1. The van der Waals surface area contributed by atoms with Crippen molar-refractivity contribution in [2.75, 3.05) is 100.0 Å². The van der Waals surface area contributed by atoms with E-state index in [1.165, 1.54) is 13.0 Å². The Morgan fingerprint density at radius 3 is 1.11 bits per heavy atom. The van der Waals surface area contributed by atoms with Crippen LogP contribution in [0.2, 0.25) is 0 Å². The van der Waals surface area contributed by atoms with Crippen molar-refractivity contribution in [3.8, 4) is 0 Å². The Balaban J connectivity index is -0.0000000348. The summed E-state index contributed by atoms with van der Waals surface area (Å²) in [6, 6.07) is 3.27. The van der Waals surface area contributed by atoms with Crippen molar-refractivity contribution in [2.24, 2.45) is 16.6 Å². The van der Waals surface area contributed by atoms with Crippen LogP contribution in [-0.4, -0.2) is 172 Å². The average Bonchev–Trinajstić information content (AvgIpc) is 3.21. The molecule has 0 fully saturated rings. The maximum atomic E-state index is 8.64. The maximum absolute atomic E-state index is 8.64. The fraction of sp³-hybridized carbons (Fsp3) is 0.956. The van der Waals surface area contributed by atoms with E-state index in [1.54, 1.807) is 6.92 Å². The molecule has 0 aliphatic carbocycles. The minimum absolute atomic E-state index is 0. The van der Waals surface area contributed by atoms with Crippen LogP contribution in [0.5, 0.6) is 0 Å². The number of hydrogen-bond acceptors (Lipinski definition) is 13. The van der Waals surface area contributed by atoms with E-state index in [2.05, 4.69) is 186 Å². The third-order valence-electron chi connectivity index (χ3n) is 8.04. The first kappa shape index (κ1) is 114. The SMILES string of the molecule is C.CCN(CCCCl)C(C)C.CCN(CCCCl)C(C)C.CCN(CCCS(=N)N)C(C)C.CCN(CCCS)C(C)C.CCNC(C)C.CCO.Cl.ClCCCBr.NC(N)=S.O=CO[O-].[H-].[K+].[K+].[Na+].[OH-].